The molecule has 0 radical (unpaired) electrons. The minimum Gasteiger partial charge on any atom is -0.143 e. The Labute approximate surface area is 169 Å². The molecule has 3 aromatic carbocycles. The number of thiol groups is 2. The summed E-state index contributed by atoms with van der Waals surface area (Å²) in [6.45, 7) is 6.60. The Morgan fingerprint density at radius 3 is 1.27 bits per heavy atom. The van der Waals surface area contributed by atoms with Crippen LogP contribution >= 0.6 is 25.3 Å². The van der Waals surface area contributed by atoms with Crippen molar-refractivity contribution < 1.29 is 0 Å². The summed E-state index contributed by atoms with van der Waals surface area (Å²) >= 11 is 8.75. The third kappa shape index (κ3) is 5.18. The lowest BCUT2D eigenvalue weighted by Gasteiger charge is -2.33. The average Bonchev–Trinajstić information content (AvgIpc) is 2.67. The zero-order valence-electron chi connectivity index (χ0n) is 15.8. The van der Waals surface area contributed by atoms with E-state index < -0.39 is 0 Å². The van der Waals surface area contributed by atoms with Crippen LogP contribution in [0, 0.1) is 6.92 Å². The first-order chi connectivity index (χ1) is 12.5. The Morgan fingerprint density at radius 1 is 0.615 bits per heavy atom. The van der Waals surface area contributed by atoms with Gasteiger partial charge in [-0.15, -0.1) is 25.3 Å². The van der Waals surface area contributed by atoms with E-state index in [9.17, 15) is 0 Å². The topological polar surface area (TPSA) is 0 Å². The first-order valence-corrected chi connectivity index (χ1v) is 10.0. The van der Waals surface area contributed by atoms with E-state index in [1.165, 1.54) is 16.7 Å². The van der Waals surface area contributed by atoms with Crippen molar-refractivity contribution in [2.24, 2.45) is 0 Å². The van der Waals surface area contributed by atoms with Crippen LogP contribution in [-0.4, -0.2) is 0 Å². The second kappa shape index (κ2) is 9.89. The maximum atomic E-state index is 4.38. The Bertz CT molecular complexity index is 723. The molecule has 0 amide bonds. The van der Waals surface area contributed by atoms with Crippen LogP contribution in [0.4, 0.5) is 0 Å². The van der Waals surface area contributed by atoms with Crippen molar-refractivity contribution >= 4 is 25.3 Å². The fourth-order valence-electron chi connectivity index (χ4n) is 3.33. The van der Waals surface area contributed by atoms with E-state index >= 15 is 0 Å². The van der Waals surface area contributed by atoms with Gasteiger partial charge in [0.05, 0.1) is 0 Å². The molecule has 0 atom stereocenters. The summed E-state index contributed by atoms with van der Waals surface area (Å²) in [4.78, 5) is 2.02. The first kappa shape index (κ1) is 20.7. The lowest BCUT2D eigenvalue weighted by Crippen LogP contribution is -2.25. The average molecular weight is 381 g/mol. The molecule has 0 spiro atoms. The van der Waals surface area contributed by atoms with Gasteiger partial charge < -0.3 is 0 Å². The number of hydrogen-bond donors (Lipinski definition) is 2. The highest BCUT2D eigenvalue weighted by atomic mass is 32.1. The molecular weight excluding hydrogens is 352 g/mol. The lowest BCUT2D eigenvalue weighted by molar-refractivity contribution is 0.478. The smallest absolute Gasteiger partial charge is 0.0197 e. The molecule has 0 heterocycles. The quantitative estimate of drug-likeness (QED) is 0.434. The van der Waals surface area contributed by atoms with E-state index in [0.717, 1.165) is 22.6 Å². The molecule has 26 heavy (non-hydrogen) atoms. The van der Waals surface area contributed by atoms with E-state index in [1.54, 1.807) is 0 Å². The predicted octanol–water partition coefficient (Wildman–Crippen LogP) is 7.37. The largest absolute Gasteiger partial charge is 0.143 e. The number of hydrogen-bond acceptors (Lipinski definition) is 2. The molecule has 3 rings (SSSR count). The Balaban J connectivity index is 0.000000290. The van der Waals surface area contributed by atoms with Gasteiger partial charge in [-0.2, -0.15) is 0 Å². The minimum absolute atomic E-state index is 0.0863. The standard InChI is InChI=1S/C17H20S2.C7H8/c1-3-17(4-2,13-5-9-15(18)10-6-13)14-7-11-16(19)12-8-14;1-7-5-3-2-4-6-7/h5-12,18-19H,3-4H2,1-2H3;2-6H,1H3. The van der Waals surface area contributed by atoms with Gasteiger partial charge in [0.2, 0.25) is 0 Å². The van der Waals surface area contributed by atoms with Crippen LogP contribution < -0.4 is 0 Å². The van der Waals surface area contributed by atoms with Gasteiger partial charge in [0.15, 0.2) is 0 Å². The Hall–Kier alpha value is -1.64. The zero-order chi connectivity index (χ0) is 19.0. The molecule has 0 saturated heterocycles. The summed E-state index contributed by atoms with van der Waals surface area (Å²) in [5, 5.41) is 0. The maximum absolute atomic E-state index is 4.38. The van der Waals surface area contributed by atoms with E-state index in [1.807, 2.05) is 18.2 Å². The summed E-state index contributed by atoms with van der Waals surface area (Å²) in [6.07, 6.45) is 2.17. The molecule has 2 heteroatoms. The van der Waals surface area contributed by atoms with Gasteiger partial charge in [0.25, 0.3) is 0 Å². The molecule has 0 aromatic heterocycles. The SMILES string of the molecule is CCC(CC)(c1ccc(S)cc1)c1ccc(S)cc1.Cc1ccccc1. The van der Waals surface area contributed by atoms with Gasteiger partial charge >= 0.3 is 0 Å². The van der Waals surface area contributed by atoms with Gasteiger partial charge in [0, 0.05) is 15.2 Å². The molecule has 0 N–H and O–H groups in total. The first-order valence-electron chi connectivity index (χ1n) is 9.12. The number of aryl methyl sites for hydroxylation is 1. The van der Waals surface area contributed by atoms with E-state index in [0.29, 0.717) is 0 Å². The fraction of sp³-hybridized carbons (Fsp3) is 0.250. The maximum Gasteiger partial charge on any atom is 0.0197 e. The molecular formula is C24H28S2. The molecule has 0 bridgehead atoms. The molecule has 0 saturated carbocycles. The molecule has 0 aliphatic heterocycles. The van der Waals surface area contributed by atoms with Crippen LogP contribution in [-0.2, 0) is 5.41 Å². The van der Waals surface area contributed by atoms with Gasteiger partial charge in [-0.05, 0) is 55.2 Å². The van der Waals surface area contributed by atoms with Crippen LogP contribution in [0.1, 0.15) is 43.4 Å². The highest BCUT2D eigenvalue weighted by Gasteiger charge is 2.30. The van der Waals surface area contributed by atoms with E-state index in [2.05, 4.69) is 107 Å². The van der Waals surface area contributed by atoms with Crippen LogP contribution in [0.2, 0.25) is 0 Å². The van der Waals surface area contributed by atoms with Gasteiger partial charge in [-0.1, -0.05) is 74.0 Å². The minimum atomic E-state index is 0.0863. The van der Waals surface area contributed by atoms with Crippen LogP contribution in [0.25, 0.3) is 0 Å². The molecule has 0 unspecified atom stereocenters. The third-order valence-electron chi connectivity index (χ3n) is 4.99. The monoisotopic (exact) mass is 380 g/mol. The summed E-state index contributed by atoms with van der Waals surface area (Å²) in [5.74, 6) is 0. The summed E-state index contributed by atoms with van der Waals surface area (Å²) in [6, 6.07) is 27.4. The van der Waals surface area contributed by atoms with Crippen molar-refractivity contribution in [1.82, 2.24) is 0 Å². The highest BCUT2D eigenvalue weighted by Crippen LogP contribution is 2.39. The second-order valence-corrected chi connectivity index (χ2v) is 7.57. The zero-order valence-corrected chi connectivity index (χ0v) is 17.6. The molecule has 0 aliphatic rings. The number of rotatable bonds is 4. The molecule has 0 aliphatic carbocycles. The summed E-state index contributed by atoms with van der Waals surface area (Å²) in [5.41, 5.74) is 4.13. The predicted molar refractivity (Wildman–Crippen MR) is 120 cm³/mol. The van der Waals surface area contributed by atoms with Crippen molar-refractivity contribution in [2.75, 3.05) is 0 Å². The normalized spacial score (nSPS) is 10.8. The van der Waals surface area contributed by atoms with Crippen molar-refractivity contribution in [1.29, 1.82) is 0 Å². The Kier molecular flexibility index (Phi) is 7.86. The second-order valence-electron chi connectivity index (χ2n) is 6.54. The summed E-state index contributed by atoms with van der Waals surface area (Å²) in [7, 11) is 0. The van der Waals surface area contributed by atoms with Gasteiger partial charge in [0.1, 0.15) is 0 Å². The molecule has 3 aromatic rings. The van der Waals surface area contributed by atoms with Crippen molar-refractivity contribution in [3.8, 4) is 0 Å². The van der Waals surface area contributed by atoms with Crippen molar-refractivity contribution in [2.45, 2.75) is 48.8 Å². The van der Waals surface area contributed by atoms with Crippen LogP contribution in [0.3, 0.4) is 0 Å². The van der Waals surface area contributed by atoms with Gasteiger partial charge in [-0.25, -0.2) is 0 Å². The number of benzene rings is 3. The fourth-order valence-corrected chi connectivity index (χ4v) is 3.63. The van der Waals surface area contributed by atoms with E-state index in [4.69, 9.17) is 0 Å². The molecule has 0 nitrogen and oxygen atoms in total. The van der Waals surface area contributed by atoms with Crippen LogP contribution in [0.5, 0.6) is 0 Å². The van der Waals surface area contributed by atoms with Gasteiger partial charge in [-0.3, -0.25) is 0 Å². The lowest BCUT2D eigenvalue weighted by atomic mass is 9.71. The van der Waals surface area contributed by atoms with Crippen molar-refractivity contribution in [3.05, 3.63) is 95.6 Å². The van der Waals surface area contributed by atoms with Crippen LogP contribution in [0.15, 0.2) is 88.7 Å². The third-order valence-corrected chi connectivity index (χ3v) is 5.58. The molecule has 136 valence electrons. The Morgan fingerprint density at radius 2 is 1.00 bits per heavy atom. The summed E-state index contributed by atoms with van der Waals surface area (Å²) < 4.78 is 0. The van der Waals surface area contributed by atoms with Crippen molar-refractivity contribution in [3.63, 3.8) is 0 Å². The highest BCUT2D eigenvalue weighted by molar-refractivity contribution is 7.80. The van der Waals surface area contributed by atoms with E-state index in [-0.39, 0.29) is 5.41 Å². The molecule has 0 fully saturated rings.